The number of fused-ring (bicyclic) bond motifs is 1. The molecule has 0 unspecified atom stereocenters. The maximum absolute atomic E-state index is 12.3. The molecule has 0 bridgehead atoms. The lowest BCUT2D eigenvalue weighted by Crippen LogP contribution is -2.23. The summed E-state index contributed by atoms with van der Waals surface area (Å²) in [4.78, 5) is 24.1. The van der Waals surface area contributed by atoms with Gasteiger partial charge in [0.15, 0.2) is 0 Å². The number of carbonyl (C=O) groups excluding carboxylic acids is 2. The number of benzene rings is 3. The monoisotopic (exact) mass is 466 g/mol. The second-order valence-electron chi connectivity index (χ2n) is 9.04. The number of hydrogen-bond acceptors (Lipinski definition) is 6. The van der Waals surface area contributed by atoms with Crippen LogP contribution in [0.15, 0.2) is 60.7 Å². The van der Waals surface area contributed by atoms with E-state index in [4.69, 9.17) is 18.9 Å². The lowest BCUT2D eigenvalue weighted by atomic mass is 10.0. The number of esters is 1. The molecule has 33 heavy (non-hydrogen) atoms. The van der Waals surface area contributed by atoms with Crippen LogP contribution in [0.25, 0.3) is 10.8 Å². The zero-order valence-corrected chi connectivity index (χ0v) is 20.6. The Balaban J connectivity index is 1.45. The molecule has 3 rings (SSSR count). The van der Waals surface area contributed by atoms with E-state index >= 15 is 0 Å². The Bertz CT molecular complexity index is 1100. The Morgan fingerprint density at radius 2 is 1.42 bits per heavy atom. The van der Waals surface area contributed by atoms with Gasteiger partial charge in [0.25, 0.3) is 0 Å². The van der Waals surface area contributed by atoms with E-state index in [1.54, 1.807) is 31.4 Å². The van der Waals surface area contributed by atoms with E-state index in [9.17, 15) is 9.59 Å². The summed E-state index contributed by atoms with van der Waals surface area (Å²) in [5.74, 6) is 0.870. The van der Waals surface area contributed by atoms with Crippen molar-refractivity contribution in [2.24, 2.45) is 0 Å². The van der Waals surface area contributed by atoms with Crippen LogP contribution in [-0.4, -0.2) is 33.9 Å². The molecule has 174 valence electrons. The maximum Gasteiger partial charge on any atom is 0.513 e. The van der Waals surface area contributed by atoms with Gasteiger partial charge in [-0.1, -0.05) is 56.0 Å². The smallest absolute Gasteiger partial charge is 0.497 e. The maximum atomic E-state index is 12.3. The highest BCUT2D eigenvalue weighted by Crippen LogP contribution is 2.22. The van der Waals surface area contributed by atoms with Gasteiger partial charge < -0.3 is 18.9 Å². The topological polar surface area (TPSA) is 71.1 Å². The first kappa shape index (κ1) is 24.3. The SMILES string of the molecule is COc1ccc2cc(CC(=O)OCc3ccc(OC(=O)OCC[Si](C)(C)C)cc3)ccc2c1. The van der Waals surface area contributed by atoms with E-state index in [1.165, 1.54) is 0 Å². The third kappa shape index (κ3) is 7.95. The standard InChI is InChI=1S/C26H30O6Si/c1-29-24-12-9-21-15-20(5-8-22(21)17-24)16-25(27)31-18-19-6-10-23(11-7-19)32-26(28)30-13-14-33(2,3)4/h5-12,15,17H,13-14,16,18H2,1-4H3. The minimum atomic E-state index is -1.26. The molecule has 0 fully saturated rings. The minimum absolute atomic E-state index is 0.143. The molecule has 0 amide bonds. The molecule has 0 aliphatic carbocycles. The van der Waals surface area contributed by atoms with Gasteiger partial charge in [-0.15, -0.1) is 0 Å². The van der Waals surface area contributed by atoms with E-state index in [-0.39, 0.29) is 19.0 Å². The summed E-state index contributed by atoms with van der Waals surface area (Å²) >= 11 is 0. The second-order valence-corrected chi connectivity index (χ2v) is 14.7. The molecule has 7 heteroatoms. The Kier molecular flexibility index (Phi) is 8.11. The molecule has 0 radical (unpaired) electrons. The summed E-state index contributed by atoms with van der Waals surface area (Å²) in [6.07, 6.45) is -0.520. The molecule has 0 aliphatic heterocycles. The first-order valence-corrected chi connectivity index (χ1v) is 14.6. The van der Waals surface area contributed by atoms with Crippen molar-refractivity contribution in [3.63, 3.8) is 0 Å². The third-order valence-electron chi connectivity index (χ3n) is 5.06. The highest BCUT2D eigenvalue weighted by Gasteiger charge is 2.15. The van der Waals surface area contributed by atoms with E-state index in [0.717, 1.165) is 33.7 Å². The Morgan fingerprint density at radius 3 is 2.12 bits per heavy atom. The average Bonchev–Trinajstić information content (AvgIpc) is 2.77. The van der Waals surface area contributed by atoms with Crippen molar-refractivity contribution in [1.82, 2.24) is 0 Å². The van der Waals surface area contributed by atoms with Crippen molar-refractivity contribution in [3.8, 4) is 11.5 Å². The van der Waals surface area contributed by atoms with Crippen LogP contribution in [0.1, 0.15) is 11.1 Å². The quantitative estimate of drug-likeness (QED) is 0.219. The van der Waals surface area contributed by atoms with Gasteiger partial charge in [0.05, 0.1) is 20.1 Å². The van der Waals surface area contributed by atoms with Crippen LogP contribution in [0.5, 0.6) is 11.5 Å². The summed E-state index contributed by atoms with van der Waals surface area (Å²) in [7, 11) is 0.373. The fourth-order valence-electron chi connectivity index (χ4n) is 3.11. The van der Waals surface area contributed by atoms with Crippen LogP contribution >= 0.6 is 0 Å². The van der Waals surface area contributed by atoms with Gasteiger partial charge in [-0.2, -0.15) is 0 Å². The van der Waals surface area contributed by atoms with Crippen molar-refractivity contribution in [3.05, 3.63) is 71.8 Å². The normalized spacial score (nSPS) is 11.2. The summed E-state index contributed by atoms with van der Waals surface area (Å²) < 4.78 is 20.9. The van der Waals surface area contributed by atoms with Gasteiger partial charge in [-0.3, -0.25) is 4.79 Å². The zero-order chi connectivity index (χ0) is 23.8. The van der Waals surface area contributed by atoms with Crippen LogP contribution in [0, 0.1) is 0 Å². The number of rotatable bonds is 9. The molecule has 0 aromatic heterocycles. The highest BCUT2D eigenvalue weighted by molar-refractivity contribution is 6.76. The summed E-state index contributed by atoms with van der Waals surface area (Å²) in [5.41, 5.74) is 1.68. The average molecular weight is 467 g/mol. The van der Waals surface area contributed by atoms with Crippen LogP contribution in [0.2, 0.25) is 25.7 Å². The largest absolute Gasteiger partial charge is 0.513 e. The van der Waals surface area contributed by atoms with Crippen molar-refractivity contribution in [2.75, 3.05) is 13.7 Å². The van der Waals surface area contributed by atoms with Gasteiger partial charge in [-0.05, 0) is 52.2 Å². The van der Waals surface area contributed by atoms with Gasteiger partial charge in [-0.25, -0.2) is 4.79 Å². The number of methoxy groups -OCH3 is 1. The number of carbonyl (C=O) groups is 2. The van der Waals surface area contributed by atoms with Gasteiger partial charge in [0.1, 0.15) is 18.1 Å². The van der Waals surface area contributed by atoms with Crippen LogP contribution < -0.4 is 9.47 Å². The Morgan fingerprint density at radius 1 is 0.788 bits per heavy atom. The van der Waals surface area contributed by atoms with E-state index in [1.807, 2.05) is 36.4 Å². The van der Waals surface area contributed by atoms with Gasteiger partial charge >= 0.3 is 12.1 Å². The Hall–Kier alpha value is -3.32. The molecule has 0 N–H and O–H groups in total. The summed E-state index contributed by atoms with van der Waals surface area (Å²) in [5, 5.41) is 2.09. The molecule has 0 spiro atoms. The number of ether oxygens (including phenoxy) is 4. The molecule has 3 aromatic rings. The first-order valence-electron chi connectivity index (χ1n) is 10.9. The molecule has 0 atom stereocenters. The molecule has 6 nitrogen and oxygen atoms in total. The minimum Gasteiger partial charge on any atom is -0.497 e. The molecule has 0 saturated carbocycles. The van der Waals surface area contributed by atoms with E-state index in [2.05, 4.69) is 19.6 Å². The lowest BCUT2D eigenvalue weighted by Gasteiger charge is -2.15. The summed E-state index contributed by atoms with van der Waals surface area (Å²) in [6, 6.07) is 19.4. The van der Waals surface area contributed by atoms with Crippen LogP contribution in [-0.2, 0) is 27.3 Å². The molecule has 0 heterocycles. The molecular weight excluding hydrogens is 436 g/mol. The number of hydrogen-bond donors (Lipinski definition) is 0. The molecule has 0 saturated heterocycles. The van der Waals surface area contributed by atoms with Crippen LogP contribution in [0.3, 0.4) is 0 Å². The van der Waals surface area contributed by atoms with Crippen LogP contribution in [0.4, 0.5) is 4.79 Å². The van der Waals surface area contributed by atoms with Gasteiger partial charge in [0.2, 0.25) is 0 Å². The van der Waals surface area contributed by atoms with Crippen molar-refractivity contribution >= 4 is 31.0 Å². The fourth-order valence-corrected chi connectivity index (χ4v) is 3.83. The molecule has 3 aromatic carbocycles. The van der Waals surface area contributed by atoms with Gasteiger partial charge in [0, 0.05) is 8.07 Å². The zero-order valence-electron chi connectivity index (χ0n) is 19.6. The lowest BCUT2D eigenvalue weighted by molar-refractivity contribution is -0.144. The van der Waals surface area contributed by atoms with Crippen molar-refractivity contribution in [2.45, 2.75) is 38.7 Å². The fraction of sp³-hybridized carbons (Fsp3) is 0.308. The second kappa shape index (κ2) is 11.0. The van der Waals surface area contributed by atoms with E-state index in [0.29, 0.717) is 12.4 Å². The highest BCUT2D eigenvalue weighted by atomic mass is 28.3. The summed E-state index contributed by atoms with van der Waals surface area (Å²) in [6.45, 7) is 7.16. The van der Waals surface area contributed by atoms with Crippen molar-refractivity contribution < 1.29 is 28.5 Å². The third-order valence-corrected chi connectivity index (χ3v) is 6.76. The van der Waals surface area contributed by atoms with E-state index < -0.39 is 14.2 Å². The predicted octanol–water partition coefficient (Wildman–Crippen LogP) is 5.99. The Labute approximate surface area is 195 Å². The predicted molar refractivity (Wildman–Crippen MR) is 131 cm³/mol. The first-order chi connectivity index (χ1) is 15.7. The molecular formula is C26H30O6Si. The van der Waals surface area contributed by atoms with Crippen molar-refractivity contribution in [1.29, 1.82) is 0 Å². The molecule has 0 aliphatic rings.